The van der Waals surface area contributed by atoms with Crippen LogP contribution >= 0.6 is 0 Å². The number of carbonyl (C=O) groups excluding carboxylic acids is 3. The van der Waals surface area contributed by atoms with Crippen molar-refractivity contribution in [2.24, 2.45) is 0 Å². The molecule has 0 bridgehead atoms. The van der Waals surface area contributed by atoms with E-state index in [1.165, 1.54) is 14.0 Å². The summed E-state index contributed by atoms with van der Waals surface area (Å²) in [6.07, 6.45) is 0.846. The van der Waals surface area contributed by atoms with Crippen LogP contribution in [0.5, 0.6) is 5.75 Å². The van der Waals surface area contributed by atoms with Crippen molar-refractivity contribution in [2.75, 3.05) is 7.11 Å². The van der Waals surface area contributed by atoms with Crippen molar-refractivity contribution in [2.45, 2.75) is 33.6 Å². The summed E-state index contributed by atoms with van der Waals surface area (Å²) in [5.74, 6) is -0.432. The number of nitrogens with zero attached hydrogens (tertiary/aromatic N) is 2. The van der Waals surface area contributed by atoms with Gasteiger partial charge in [0.15, 0.2) is 5.78 Å². The third-order valence-corrected chi connectivity index (χ3v) is 5.07. The third kappa shape index (κ3) is 5.06. The Kier molecular flexibility index (Phi) is 6.65. The van der Waals surface area contributed by atoms with Crippen LogP contribution < -0.4 is 4.74 Å². The van der Waals surface area contributed by atoms with E-state index >= 15 is 0 Å². The summed E-state index contributed by atoms with van der Waals surface area (Å²) in [5.41, 5.74) is 4.53. The highest BCUT2D eigenvalue weighted by Gasteiger charge is 2.15. The number of benzene rings is 2. The first-order valence-corrected chi connectivity index (χ1v) is 9.85. The Hall–Kier alpha value is -3.74. The molecule has 0 saturated carbocycles. The van der Waals surface area contributed by atoms with Gasteiger partial charge in [-0.15, -0.1) is 0 Å². The predicted octanol–water partition coefficient (Wildman–Crippen LogP) is 4.02. The average Bonchev–Trinajstić information content (AvgIpc) is 3.05. The minimum Gasteiger partial charge on any atom is -0.469 e. The lowest BCUT2D eigenvalue weighted by Gasteiger charge is -2.08. The van der Waals surface area contributed by atoms with Crippen LogP contribution in [0.4, 0.5) is 0 Å². The number of aryl methyl sites for hydroxylation is 1. The number of aromatic nitrogens is 2. The van der Waals surface area contributed by atoms with Crippen molar-refractivity contribution in [3.63, 3.8) is 0 Å². The van der Waals surface area contributed by atoms with Gasteiger partial charge in [-0.05, 0) is 81.3 Å². The van der Waals surface area contributed by atoms with Gasteiger partial charge >= 0.3 is 11.9 Å². The Morgan fingerprint density at radius 1 is 0.935 bits per heavy atom. The normalized spacial score (nSPS) is 10.6. The van der Waals surface area contributed by atoms with E-state index in [1.54, 1.807) is 53.2 Å². The quantitative estimate of drug-likeness (QED) is 0.326. The van der Waals surface area contributed by atoms with E-state index < -0.39 is 5.97 Å². The van der Waals surface area contributed by atoms with Gasteiger partial charge in [-0.25, -0.2) is 9.48 Å². The Labute approximate surface area is 180 Å². The molecule has 0 radical (unpaired) electrons. The zero-order chi connectivity index (χ0) is 22.5. The van der Waals surface area contributed by atoms with Gasteiger partial charge < -0.3 is 9.47 Å². The van der Waals surface area contributed by atoms with Crippen molar-refractivity contribution in [3.8, 4) is 11.4 Å². The fourth-order valence-electron chi connectivity index (χ4n) is 3.28. The van der Waals surface area contributed by atoms with Gasteiger partial charge in [-0.3, -0.25) is 9.59 Å². The van der Waals surface area contributed by atoms with Crippen molar-refractivity contribution < 1.29 is 23.9 Å². The van der Waals surface area contributed by atoms with Crippen LogP contribution in [0, 0.1) is 13.8 Å². The second-order valence-corrected chi connectivity index (χ2v) is 7.15. The number of ketones is 1. The van der Waals surface area contributed by atoms with Crippen LogP contribution in [-0.4, -0.2) is 34.6 Å². The van der Waals surface area contributed by atoms with E-state index in [9.17, 15) is 14.4 Å². The second-order valence-electron chi connectivity index (χ2n) is 7.15. The maximum Gasteiger partial charge on any atom is 0.343 e. The number of methoxy groups -OCH3 is 1. The minimum absolute atomic E-state index is 0.0499. The molecule has 1 aromatic heterocycles. The molecular formula is C24H24N2O5. The third-order valence-electron chi connectivity index (χ3n) is 5.07. The highest BCUT2D eigenvalue weighted by atomic mass is 16.5. The molecule has 0 spiro atoms. The molecule has 0 aliphatic carbocycles. The lowest BCUT2D eigenvalue weighted by molar-refractivity contribution is -0.140. The van der Waals surface area contributed by atoms with Crippen LogP contribution in [0.1, 0.15) is 51.0 Å². The molecule has 160 valence electrons. The number of carbonyl (C=O) groups is 3. The molecule has 31 heavy (non-hydrogen) atoms. The molecular weight excluding hydrogens is 396 g/mol. The second kappa shape index (κ2) is 9.38. The summed E-state index contributed by atoms with van der Waals surface area (Å²) >= 11 is 0. The van der Waals surface area contributed by atoms with Gasteiger partial charge in [-0.1, -0.05) is 0 Å². The smallest absolute Gasteiger partial charge is 0.343 e. The first kappa shape index (κ1) is 22.0. The number of ether oxygens (including phenoxy) is 2. The molecule has 3 rings (SSSR count). The summed E-state index contributed by atoms with van der Waals surface area (Å²) < 4.78 is 11.9. The predicted molar refractivity (Wildman–Crippen MR) is 115 cm³/mol. The highest BCUT2D eigenvalue weighted by molar-refractivity contribution is 5.94. The summed E-state index contributed by atoms with van der Waals surface area (Å²) in [6.45, 7) is 5.33. The lowest BCUT2D eigenvalue weighted by Crippen LogP contribution is -2.09. The van der Waals surface area contributed by atoms with Gasteiger partial charge in [0.2, 0.25) is 0 Å². The van der Waals surface area contributed by atoms with E-state index in [4.69, 9.17) is 9.47 Å². The van der Waals surface area contributed by atoms with E-state index in [0.717, 1.165) is 22.6 Å². The largest absolute Gasteiger partial charge is 0.469 e. The maximum absolute atomic E-state index is 12.4. The summed E-state index contributed by atoms with van der Waals surface area (Å²) in [5, 5.41) is 4.57. The van der Waals surface area contributed by atoms with Crippen LogP contribution in [0.25, 0.3) is 5.69 Å². The lowest BCUT2D eigenvalue weighted by atomic mass is 10.1. The molecule has 1 heterocycles. The Balaban J connectivity index is 1.73. The topological polar surface area (TPSA) is 87.5 Å². The molecule has 7 nitrogen and oxygen atoms in total. The van der Waals surface area contributed by atoms with Crippen molar-refractivity contribution >= 4 is 17.7 Å². The average molecular weight is 420 g/mol. The standard InChI is InChI=1S/C24H24N2O5/c1-15-22(13-14-23(28)30-4)16(2)26(25-15)20-9-5-19(6-10-20)24(29)31-21-11-7-18(8-12-21)17(3)27/h5-12H,13-14H2,1-4H3. The Morgan fingerprint density at radius 2 is 1.55 bits per heavy atom. The minimum atomic E-state index is -0.491. The molecule has 0 saturated heterocycles. The number of rotatable bonds is 7. The van der Waals surface area contributed by atoms with E-state index in [-0.39, 0.29) is 11.8 Å². The van der Waals surface area contributed by atoms with Crippen molar-refractivity contribution in [1.82, 2.24) is 9.78 Å². The fourth-order valence-corrected chi connectivity index (χ4v) is 3.28. The molecule has 3 aromatic rings. The zero-order valence-corrected chi connectivity index (χ0v) is 18.0. The first-order valence-electron chi connectivity index (χ1n) is 9.85. The number of esters is 2. The SMILES string of the molecule is COC(=O)CCc1c(C)nn(-c2ccc(C(=O)Oc3ccc(C(C)=O)cc3)cc2)c1C. The maximum atomic E-state index is 12.4. The molecule has 0 fully saturated rings. The van der Waals surface area contributed by atoms with Gasteiger partial charge in [0.25, 0.3) is 0 Å². The van der Waals surface area contributed by atoms with Gasteiger partial charge in [0.05, 0.1) is 24.1 Å². The van der Waals surface area contributed by atoms with Crippen molar-refractivity contribution in [3.05, 3.63) is 76.6 Å². The Morgan fingerprint density at radius 3 is 2.13 bits per heavy atom. The zero-order valence-electron chi connectivity index (χ0n) is 18.0. The molecule has 7 heteroatoms. The van der Waals surface area contributed by atoms with Gasteiger partial charge in [-0.2, -0.15) is 5.10 Å². The molecule has 0 N–H and O–H groups in total. The molecule has 0 amide bonds. The van der Waals surface area contributed by atoms with Crippen LogP contribution in [0.3, 0.4) is 0 Å². The van der Waals surface area contributed by atoms with Crippen molar-refractivity contribution in [1.29, 1.82) is 0 Å². The first-order chi connectivity index (χ1) is 14.8. The molecule has 0 aliphatic rings. The number of hydrogen-bond donors (Lipinski definition) is 0. The monoisotopic (exact) mass is 420 g/mol. The summed E-state index contributed by atoms with van der Waals surface area (Å²) in [7, 11) is 1.37. The van der Waals surface area contributed by atoms with Crippen LogP contribution in [-0.2, 0) is 16.0 Å². The summed E-state index contributed by atoms with van der Waals surface area (Å²) in [6, 6.07) is 13.4. The van der Waals surface area contributed by atoms with Gasteiger partial charge in [0.1, 0.15) is 5.75 Å². The van der Waals surface area contributed by atoms with E-state index in [1.807, 2.05) is 13.8 Å². The number of Topliss-reactive ketones (excluding diaryl/α,β-unsaturated/α-hetero) is 1. The summed E-state index contributed by atoms with van der Waals surface area (Å²) in [4.78, 5) is 35.2. The molecule has 2 aromatic carbocycles. The number of hydrogen-bond acceptors (Lipinski definition) is 6. The molecule has 0 unspecified atom stereocenters. The highest BCUT2D eigenvalue weighted by Crippen LogP contribution is 2.21. The van der Waals surface area contributed by atoms with E-state index in [0.29, 0.717) is 29.7 Å². The van der Waals surface area contributed by atoms with Gasteiger partial charge in [0, 0.05) is 17.7 Å². The van der Waals surface area contributed by atoms with Crippen LogP contribution in [0.15, 0.2) is 48.5 Å². The fraction of sp³-hybridized carbons (Fsp3) is 0.250. The molecule has 0 aliphatic heterocycles. The van der Waals surface area contributed by atoms with E-state index in [2.05, 4.69) is 5.10 Å². The molecule has 0 atom stereocenters. The Bertz CT molecular complexity index is 1110. The van der Waals surface area contributed by atoms with Crippen LogP contribution in [0.2, 0.25) is 0 Å².